The molecule has 0 saturated heterocycles. The van der Waals surface area contributed by atoms with E-state index in [0.717, 1.165) is 22.4 Å². The number of nitrogens with one attached hydrogen (secondary N) is 1. The number of allylic oxidation sites excluding steroid dienone is 1. The molecule has 0 bridgehead atoms. The van der Waals surface area contributed by atoms with Crippen molar-refractivity contribution in [3.05, 3.63) is 118 Å². The molecule has 216 valence electrons. The number of thioether (sulfide) groups is 1. The lowest BCUT2D eigenvalue weighted by atomic mass is 9.93. The summed E-state index contributed by atoms with van der Waals surface area (Å²) in [6, 6.07) is 24.1. The maximum Gasteiger partial charge on any atom is 0.338 e. The van der Waals surface area contributed by atoms with Gasteiger partial charge in [-0.1, -0.05) is 72.4 Å². The van der Waals surface area contributed by atoms with E-state index in [1.165, 1.54) is 11.8 Å². The first-order valence-electron chi connectivity index (χ1n) is 13.6. The average Bonchev–Trinajstić information content (AvgIpc) is 3.40. The number of hydrogen-bond donors (Lipinski definition) is 1. The van der Waals surface area contributed by atoms with Crippen LogP contribution in [0.1, 0.15) is 49.0 Å². The molecule has 0 saturated carbocycles. The highest BCUT2D eigenvalue weighted by Gasteiger charge is 2.41. The van der Waals surface area contributed by atoms with Crippen LogP contribution in [-0.4, -0.2) is 36.2 Å². The summed E-state index contributed by atoms with van der Waals surface area (Å²) >= 11 is 1.42. The average molecular weight is 584 g/mol. The molecule has 0 radical (unpaired) electrons. The van der Waals surface area contributed by atoms with Gasteiger partial charge in [0.05, 0.1) is 44.0 Å². The summed E-state index contributed by atoms with van der Waals surface area (Å²) < 4.78 is 16.9. The zero-order chi connectivity index (χ0) is 29.6. The maximum absolute atomic E-state index is 13.8. The number of esters is 1. The Hall–Kier alpha value is -4.50. The van der Waals surface area contributed by atoms with E-state index in [1.54, 1.807) is 27.2 Å². The summed E-state index contributed by atoms with van der Waals surface area (Å²) in [4.78, 5) is 33.7. The second kappa shape index (κ2) is 13.0. The van der Waals surface area contributed by atoms with Crippen molar-refractivity contribution in [2.45, 2.75) is 39.0 Å². The van der Waals surface area contributed by atoms with Gasteiger partial charge in [-0.15, -0.1) is 0 Å². The van der Waals surface area contributed by atoms with E-state index >= 15 is 0 Å². The largest absolute Gasteiger partial charge is 0.497 e. The standard InChI is InChI=1S/C33H33N3O5S/c1-21(24-13-9-6-10-14-24)34-29(37)17-26-20-42-33-35-22(2)30(32(38)41-19-23-11-7-5-8-12-23)31(36(26)33)25-15-27(39-3)18-28(16-25)40-4/h5-16,18,20-21,31H,17,19H2,1-4H3,(H,34,37). The van der Waals surface area contributed by atoms with E-state index in [4.69, 9.17) is 19.2 Å². The molecular formula is C33H33N3O5S. The Bertz CT molecular complexity index is 1530. The third-order valence-corrected chi connectivity index (χ3v) is 8.03. The summed E-state index contributed by atoms with van der Waals surface area (Å²) in [6.07, 6.45) is 0.103. The van der Waals surface area contributed by atoms with Crippen LogP contribution in [0.5, 0.6) is 11.5 Å². The Labute approximate surface area is 250 Å². The normalized spacial score (nSPS) is 16.7. The number of nitrogens with zero attached hydrogens (tertiary/aromatic N) is 2. The van der Waals surface area contributed by atoms with Crippen LogP contribution in [0.25, 0.3) is 0 Å². The van der Waals surface area contributed by atoms with Gasteiger partial charge in [-0.2, -0.15) is 0 Å². The van der Waals surface area contributed by atoms with E-state index in [2.05, 4.69) is 5.32 Å². The van der Waals surface area contributed by atoms with E-state index < -0.39 is 12.0 Å². The molecule has 42 heavy (non-hydrogen) atoms. The lowest BCUT2D eigenvalue weighted by Gasteiger charge is -2.36. The smallest absolute Gasteiger partial charge is 0.338 e. The van der Waals surface area contributed by atoms with Crippen molar-refractivity contribution in [2.75, 3.05) is 14.2 Å². The minimum Gasteiger partial charge on any atom is -0.497 e. The summed E-state index contributed by atoms with van der Waals surface area (Å²) in [5.74, 6) is 0.537. The van der Waals surface area contributed by atoms with Gasteiger partial charge in [-0.3, -0.25) is 4.79 Å². The Balaban J connectivity index is 1.47. The van der Waals surface area contributed by atoms with Crippen LogP contribution < -0.4 is 14.8 Å². The number of amidine groups is 1. The molecule has 0 fully saturated rings. The number of hydrogen-bond acceptors (Lipinski definition) is 8. The predicted octanol–water partition coefficient (Wildman–Crippen LogP) is 6.29. The zero-order valence-electron chi connectivity index (χ0n) is 24.0. The molecule has 1 N–H and O–H groups in total. The first-order valence-corrected chi connectivity index (χ1v) is 14.5. The van der Waals surface area contributed by atoms with Crippen LogP contribution in [-0.2, 0) is 20.9 Å². The minimum atomic E-state index is -0.620. The van der Waals surface area contributed by atoms with Crippen LogP contribution in [0.3, 0.4) is 0 Å². The second-order valence-corrected chi connectivity index (χ2v) is 10.8. The van der Waals surface area contributed by atoms with Crippen LogP contribution in [0.15, 0.2) is 106 Å². The molecule has 2 atom stereocenters. The molecule has 9 heteroatoms. The zero-order valence-corrected chi connectivity index (χ0v) is 24.8. The number of fused-ring (bicyclic) bond motifs is 1. The van der Waals surface area contributed by atoms with Gasteiger partial charge in [-0.25, -0.2) is 9.79 Å². The third kappa shape index (κ3) is 6.36. The molecule has 8 nitrogen and oxygen atoms in total. The molecule has 0 aromatic heterocycles. The van der Waals surface area contributed by atoms with Crippen LogP contribution >= 0.6 is 11.8 Å². The van der Waals surface area contributed by atoms with Gasteiger partial charge >= 0.3 is 5.97 Å². The van der Waals surface area contributed by atoms with Gasteiger partial charge in [0, 0.05) is 11.8 Å². The topological polar surface area (TPSA) is 89.5 Å². The van der Waals surface area contributed by atoms with E-state index in [-0.39, 0.29) is 25.0 Å². The number of carbonyl (C=O) groups excluding carboxylic acids is 2. The first-order chi connectivity index (χ1) is 20.4. The first kappa shape index (κ1) is 29.0. The Morgan fingerprint density at radius 1 is 0.976 bits per heavy atom. The van der Waals surface area contributed by atoms with Gasteiger partial charge in [0.2, 0.25) is 5.91 Å². The number of ether oxygens (including phenoxy) is 3. The van der Waals surface area contributed by atoms with E-state index in [9.17, 15) is 9.59 Å². The molecule has 2 heterocycles. The SMILES string of the molecule is COc1cc(OC)cc(C2C(C(=O)OCc3ccccc3)=C(C)N=C3SC=C(CC(=O)NC(C)c4ccccc4)N32)c1. The van der Waals surface area contributed by atoms with Gasteiger partial charge < -0.3 is 24.4 Å². The molecule has 2 aliphatic heterocycles. The fourth-order valence-corrected chi connectivity index (χ4v) is 5.98. The van der Waals surface area contributed by atoms with Crippen molar-refractivity contribution in [2.24, 2.45) is 4.99 Å². The van der Waals surface area contributed by atoms with Gasteiger partial charge in [-0.05, 0) is 48.1 Å². The van der Waals surface area contributed by atoms with Crippen molar-refractivity contribution < 1.29 is 23.8 Å². The highest BCUT2D eigenvalue weighted by molar-refractivity contribution is 8.16. The lowest BCUT2D eigenvalue weighted by Crippen LogP contribution is -2.38. The molecular weight excluding hydrogens is 550 g/mol. The van der Waals surface area contributed by atoms with Gasteiger partial charge in [0.25, 0.3) is 0 Å². The number of rotatable bonds is 10. The number of aliphatic imine (C=N–C) groups is 1. The molecule has 0 spiro atoms. The molecule has 2 aliphatic rings. The number of carbonyl (C=O) groups is 2. The van der Waals surface area contributed by atoms with Crippen LogP contribution in [0.2, 0.25) is 0 Å². The molecule has 2 unspecified atom stereocenters. The maximum atomic E-state index is 13.8. The quantitative estimate of drug-likeness (QED) is 0.281. The van der Waals surface area contributed by atoms with Crippen molar-refractivity contribution >= 4 is 28.8 Å². The molecule has 0 aliphatic carbocycles. The highest BCUT2D eigenvalue weighted by Crippen LogP contribution is 2.46. The molecule has 5 rings (SSSR count). The number of methoxy groups -OCH3 is 2. The van der Waals surface area contributed by atoms with Crippen molar-refractivity contribution in [1.29, 1.82) is 0 Å². The predicted molar refractivity (Wildman–Crippen MR) is 164 cm³/mol. The van der Waals surface area contributed by atoms with Crippen molar-refractivity contribution in [3.8, 4) is 11.5 Å². The summed E-state index contributed by atoms with van der Waals surface area (Å²) in [5.41, 5.74) is 4.31. The lowest BCUT2D eigenvalue weighted by molar-refractivity contribution is -0.141. The second-order valence-electron chi connectivity index (χ2n) is 9.98. The van der Waals surface area contributed by atoms with Crippen molar-refractivity contribution in [1.82, 2.24) is 10.2 Å². The van der Waals surface area contributed by atoms with Crippen molar-refractivity contribution in [3.63, 3.8) is 0 Å². The minimum absolute atomic E-state index is 0.103. The van der Waals surface area contributed by atoms with Crippen LogP contribution in [0.4, 0.5) is 0 Å². The van der Waals surface area contributed by atoms with Crippen LogP contribution in [0, 0.1) is 0 Å². The summed E-state index contributed by atoms with van der Waals surface area (Å²) in [6.45, 7) is 3.89. The monoisotopic (exact) mass is 583 g/mol. The Morgan fingerprint density at radius 2 is 1.62 bits per heavy atom. The highest BCUT2D eigenvalue weighted by atomic mass is 32.2. The van der Waals surface area contributed by atoms with E-state index in [1.807, 2.05) is 90.0 Å². The fourth-order valence-electron chi connectivity index (χ4n) is 5.02. The Kier molecular flexibility index (Phi) is 8.97. The number of amides is 1. The fraction of sp³-hybridized carbons (Fsp3) is 0.242. The van der Waals surface area contributed by atoms with E-state index in [0.29, 0.717) is 27.9 Å². The number of benzene rings is 3. The third-order valence-electron chi connectivity index (χ3n) is 7.14. The van der Waals surface area contributed by atoms with Gasteiger partial charge in [0.15, 0.2) is 5.17 Å². The van der Waals surface area contributed by atoms with Gasteiger partial charge in [0.1, 0.15) is 18.1 Å². The Morgan fingerprint density at radius 3 is 2.26 bits per heavy atom. The summed E-state index contributed by atoms with van der Waals surface area (Å²) in [5, 5.41) is 5.69. The summed E-state index contributed by atoms with van der Waals surface area (Å²) in [7, 11) is 3.16. The molecule has 3 aromatic rings. The molecule has 3 aromatic carbocycles. The molecule has 1 amide bonds.